The van der Waals surface area contributed by atoms with Crippen LogP contribution in [0.5, 0.6) is 11.5 Å². The third-order valence-corrected chi connectivity index (χ3v) is 7.25. The summed E-state index contributed by atoms with van der Waals surface area (Å²) in [6, 6.07) is 1.28. The summed E-state index contributed by atoms with van der Waals surface area (Å²) in [6.45, 7) is 11.1. The summed E-state index contributed by atoms with van der Waals surface area (Å²) >= 11 is 0. The number of carbonyl (C=O) groups excluding carboxylic acids is 2. The first-order valence-electron chi connectivity index (χ1n) is 13.8. The zero-order valence-electron chi connectivity index (χ0n) is 25.2. The van der Waals surface area contributed by atoms with Crippen LogP contribution in [0.1, 0.15) is 39.7 Å². The number of allylic oxidation sites excluding steroid dienone is 2. The van der Waals surface area contributed by atoms with Crippen LogP contribution in [0.15, 0.2) is 54.2 Å². The lowest BCUT2D eigenvalue weighted by atomic mass is 9.87. The molecule has 0 fully saturated rings. The number of hydrogen-bond acceptors (Lipinski definition) is 9. The van der Waals surface area contributed by atoms with E-state index in [4.69, 9.17) is 19.9 Å². The smallest absolute Gasteiger partial charge is 0.405 e. The monoisotopic (exact) mass is 587 g/mol. The fraction of sp³-hybridized carbons (Fsp3) is 0.484. The summed E-state index contributed by atoms with van der Waals surface area (Å²) in [7, 11) is 2.95. The van der Waals surface area contributed by atoms with Gasteiger partial charge in [-0.1, -0.05) is 44.2 Å². The number of methoxy groups -OCH3 is 2. The molecule has 0 aliphatic carbocycles. The molecule has 7 N–H and O–H groups in total. The van der Waals surface area contributed by atoms with E-state index in [1.807, 2.05) is 13.8 Å². The van der Waals surface area contributed by atoms with E-state index in [2.05, 4.69) is 17.2 Å². The van der Waals surface area contributed by atoms with Crippen LogP contribution in [-0.2, 0) is 25.4 Å². The van der Waals surface area contributed by atoms with Gasteiger partial charge in [0.1, 0.15) is 17.6 Å². The van der Waals surface area contributed by atoms with Gasteiger partial charge in [-0.2, -0.15) is 0 Å². The highest BCUT2D eigenvalue weighted by Gasteiger charge is 2.30. The van der Waals surface area contributed by atoms with Crippen LogP contribution in [0.4, 0.5) is 16.2 Å². The predicted molar refractivity (Wildman–Crippen MR) is 162 cm³/mol. The summed E-state index contributed by atoms with van der Waals surface area (Å²) in [5, 5.41) is 39.1. The van der Waals surface area contributed by atoms with Crippen molar-refractivity contribution >= 4 is 23.4 Å². The van der Waals surface area contributed by atoms with Gasteiger partial charge in [0.25, 0.3) is 5.91 Å². The molecule has 1 heterocycles. The van der Waals surface area contributed by atoms with Gasteiger partial charge in [0.05, 0.1) is 23.6 Å². The van der Waals surface area contributed by atoms with Crippen LogP contribution in [0.3, 0.4) is 0 Å². The Balaban J connectivity index is 2.67. The largest absolute Gasteiger partial charge is 0.506 e. The number of anilines is 2. The van der Waals surface area contributed by atoms with Gasteiger partial charge < -0.3 is 45.9 Å². The Labute approximate surface area is 247 Å². The van der Waals surface area contributed by atoms with Gasteiger partial charge in [-0.25, -0.2) is 4.79 Å². The molecule has 1 aromatic carbocycles. The number of primary amides is 1. The quantitative estimate of drug-likeness (QED) is 0.162. The van der Waals surface area contributed by atoms with Crippen LogP contribution in [0, 0.1) is 11.8 Å². The summed E-state index contributed by atoms with van der Waals surface area (Å²) < 4.78 is 16.6. The van der Waals surface area contributed by atoms with E-state index < -0.39 is 42.3 Å². The fourth-order valence-electron chi connectivity index (χ4n) is 4.98. The fourth-order valence-corrected chi connectivity index (χ4v) is 4.98. The first-order valence-corrected chi connectivity index (χ1v) is 13.8. The molecule has 0 saturated carbocycles. The number of phenols is 2. The minimum atomic E-state index is -0.990. The van der Waals surface area contributed by atoms with Crippen molar-refractivity contribution in [3.63, 3.8) is 0 Å². The van der Waals surface area contributed by atoms with Crippen molar-refractivity contribution in [1.82, 2.24) is 0 Å². The lowest BCUT2D eigenvalue weighted by Gasteiger charge is -2.29. The minimum Gasteiger partial charge on any atom is -0.506 e. The minimum absolute atomic E-state index is 0.0416. The number of phenolic OH excluding ortho intramolecular Hbond substituents is 2. The molecule has 0 aromatic heterocycles. The van der Waals surface area contributed by atoms with E-state index in [1.165, 1.54) is 26.4 Å². The van der Waals surface area contributed by atoms with Gasteiger partial charge in [0, 0.05) is 43.9 Å². The number of benzene rings is 1. The second-order valence-corrected chi connectivity index (χ2v) is 10.6. The maximum atomic E-state index is 13.0. The first kappa shape index (κ1) is 34.4. The molecule has 6 atom stereocenters. The number of ether oxygens (including phenoxy) is 3. The number of aliphatic hydroxyl groups excluding tert-OH is 1. The van der Waals surface area contributed by atoms with Gasteiger partial charge in [-0.15, -0.1) is 6.58 Å². The van der Waals surface area contributed by atoms with E-state index in [1.54, 1.807) is 38.2 Å². The first-order chi connectivity index (χ1) is 19.8. The number of aromatic hydroxyl groups is 2. The highest BCUT2D eigenvalue weighted by Crippen LogP contribution is 2.42. The van der Waals surface area contributed by atoms with Crippen LogP contribution >= 0.6 is 0 Å². The number of aliphatic hydroxyl groups is 1. The van der Waals surface area contributed by atoms with Crippen molar-refractivity contribution in [1.29, 1.82) is 0 Å². The zero-order valence-corrected chi connectivity index (χ0v) is 25.2. The molecule has 0 unspecified atom stereocenters. The zero-order chi connectivity index (χ0) is 31.6. The lowest BCUT2D eigenvalue weighted by molar-refractivity contribution is -0.112. The van der Waals surface area contributed by atoms with Crippen molar-refractivity contribution in [2.45, 2.75) is 65.0 Å². The van der Waals surface area contributed by atoms with Gasteiger partial charge in [-0.3, -0.25) is 4.79 Å². The molecule has 2 rings (SSSR count). The van der Waals surface area contributed by atoms with Crippen LogP contribution in [0.25, 0.3) is 0 Å². The van der Waals surface area contributed by atoms with Gasteiger partial charge in [0.2, 0.25) is 0 Å². The molecule has 0 spiro atoms. The molecule has 1 aliphatic rings. The molecule has 2 bridgehead atoms. The summed E-state index contributed by atoms with van der Waals surface area (Å²) in [5.74, 6) is -1.41. The second kappa shape index (κ2) is 16.0. The van der Waals surface area contributed by atoms with Crippen molar-refractivity contribution in [3.05, 3.63) is 59.7 Å². The van der Waals surface area contributed by atoms with E-state index in [9.17, 15) is 24.9 Å². The van der Waals surface area contributed by atoms with Crippen molar-refractivity contribution in [2.24, 2.45) is 17.6 Å². The van der Waals surface area contributed by atoms with Crippen LogP contribution in [0.2, 0.25) is 0 Å². The molecule has 11 nitrogen and oxygen atoms in total. The molecule has 11 heteroatoms. The van der Waals surface area contributed by atoms with Crippen molar-refractivity contribution in [2.75, 3.05) is 31.4 Å². The van der Waals surface area contributed by atoms with Crippen molar-refractivity contribution < 1.29 is 39.1 Å². The number of amides is 2. The second-order valence-electron chi connectivity index (χ2n) is 10.6. The molecule has 2 amide bonds. The number of nitrogens with one attached hydrogen (secondary N) is 2. The van der Waals surface area contributed by atoms with Gasteiger partial charge in [0.15, 0.2) is 6.10 Å². The number of rotatable bonds is 6. The molecule has 42 heavy (non-hydrogen) atoms. The summed E-state index contributed by atoms with van der Waals surface area (Å²) in [6.07, 6.45) is 4.64. The predicted octanol–water partition coefficient (Wildman–Crippen LogP) is 4.16. The Morgan fingerprint density at radius 3 is 2.52 bits per heavy atom. The average molecular weight is 588 g/mol. The lowest BCUT2D eigenvalue weighted by Crippen LogP contribution is -2.37. The van der Waals surface area contributed by atoms with Gasteiger partial charge >= 0.3 is 6.09 Å². The van der Waals surface area contributed by atoms with Crippen molar-refractivity contribution in [3.8, 4) is 11.5 Å². The normalized spacial score (nSPS) is 29.3. The Hall–Kier alpha value is -3.80. The molecule has 1 aliphatic heterocycles. The molecule has 1 aromatic rings. The van der Waals surface area contributed by atoms with Crippen LogP contribution in [-0.4, -0.2) is 72.5 Å². The number of carbonyl (C=O) groups is 2. The number of hydrogen-bond donors (Lipinski definition) is 6. The maximum Gasteiger partial charge on any atom is 0.405 e. The summed E-state index contributed by atoms with van der Waals surface area (Å²) in [5.41, 5.74) is 7.01. The molecular weight excluding hydrogens is 542 g/mol. The van der Waals surface area contributed by atoms with E-state index >= 15 is 0 Å². The average Bonchev–Trinajstić information content (AvgIpc) is 2.94. The third-order valence-electron chi connectivity index (χ3n) is 7.25. The third kappa shape index (κ3) is 9.10. The van der Waals surface area contributed by atoms with Gasteiger partial charge in [-0.05, 0) is 38.2 Å². The number of fused-ring (bicyclic) bond motifs is 2. The Bertz CT molecular complexity index is 1210. The van der Waals surface area contributed by atoms with E-state index in [0.29, 0.717) is 41.8 Å². The van der Waals surface area contributed by atoms with E-state index in [-0.39, 0.29) is 23.1 Å². The molecule has 0 radical (unpaired) electrons. The SMILES string of the molecule is C=CCNc1c(O)cc2c(O)c1C[C@@H](C)C[C@H](OC)[C@H](O)[C@@H](C)/C=C(\C)[C@H](OC(N)=O)[C@H](OC)/C=C/C=C(\C)C(=O)N2. The molecule has 0 saturated heterocycles. The van der Waals surface area contributed by atoms with Crippen LogP contribution < -0.4 is 16.4 Å². The molecular formula is C31H45N3O8. The highest BCUT2D eigenvalue weighted by molar-refractivity contribution is 6.04. The Kier molecular flexibility index (Phi) is 13.1. The maximum absolute atomic E-state index is 13.0. The highest BCUT2D eigenvalue weighted by atomic mass is 16.6. The molecule has 232 valence electrons. The topological polar surface area (TPSA) is 173 Å². The van der Waals surface area contributed by atoms with E-state index in [0.717, 1.165) is 0 Å². The number of nitrogens with two attached hydrogens (primary N) is 1. The standard InChI is InChI=1S/C31H45N3O8/c1-8-12-33-26-21-13-17(2)14-25(41-7)27(36)19(4)15-20(5)29(42-31(32)39)24(40-6)11-9-10-18(3)30(38)34-22(28(21)37)16-23(26)35/h8-11,15-17,19,24-25,27,29,33,35-37H,1,12-14H2,2-7H3,(H2,32,39)(H,34,38)/b11-9+,18-10+,20-15+/t17-,19+,24-,25+,27-,29+/m1/s1. The Morgan fingerprint density at radius 1 is 1.24 bits per heavy atom. The Morgan fingerprint density at radius 2 is 1.93 bits per heavy atom. The summed E-state index contributed by atoms with van der Waals surface area (Å²) in [4.78, 5) is 24.7.